The Morgan fingerprint density at radius 3 is 2.82 bits per heavy atom. The van der Waals surface area contributed by atoms with Crippen LogP contribution in [0.1, 0.15) is 17.3 Å². The lowest BCUT2D eigenvalue weighted by molar-refractivity contribution is 0.477. The van der Waals surface area contributed by atoms with Crippen molar-refractivity contribution in [2.75, 3.05) is 5.32 Å². The van der Waals surface area contributed by atoms with Gasteiger partial charge in [-0.3, -0.25) is 0 Å². The number of nitrogens with one attached hydrogen (secondary N) is 1. The molecule has 5 nitrogen and oxygen atoms in total. The van der Waals surface area contributed by atoms with Gasteiger partial charge in [0.05, 0.1) is 18.4 Å². The van der Waals surface area contributed by atoms with E-state index in [1.54, 1.807) is 0 Å². The summed E-state index contributed by atoms with van der Waals surface area (Å²) in [6.07, 6.45) is 1.00. The van der Waals surface area contributed by atoms with Crippen LogP contribution in [-0.4, -0.2) is 15.0 Å². The smallest absolute Gasteiger partial charge is 0.224 e. The topological polar surface area (TPSA) is 63.8 Å². The Kier molecular flexibility index (Phi) is 3.23. The molecule has 0 radical (unpaired) electrons. The molecule has 0 fully saturated rings. The Hall–Kier alpha value is -1.69. The fourth-order valence-corrected chi connectivity index (χ4v) is 1.38. The molecule has 0 aliphatic carbocycles. The highest BCUT2D eigenvalue weighted by Crippen LogP contribution is 2.14. The van der Waals surface area contributed by atoms with E-state index in [0.29, 0.717) is 5.89 Å². The van der Waals surface area contributed by atoms with E-state index in [4.69, 9.17) is 16.0 Å². The summed E-state index contributed by atoms with van der Waals surface area (Å²) in [4.78, 5) is 11.4. The van der Waals surface area contributed by atoms with Gasteiger partial charge in [-0.25, -0.2) is 14.4 Å². The molecule has 2 aromatic rings. The Balaban J connectivity index is 2.09. The zero-order valence-electron chi connectivity index (χ0n) is 9.29. The van der Waals surface area contributed by atoms with Crippen LogP contribution < -0.4 is 5.32 Å². The fourth-order valence-electron chi connectivity index (χ4n) is 1.24. The first-order valence-corrected chi connectivity index (χ1v) is 5.29. The monoisotopic (exact) mass is 256 g/mol. The van der Waals surface area contributed by atoms with E-state index in [0.717, 1.165) is 17.7 Å². The lowest BCUT2D eigenvalue weighted by Gasteiger charge is -2.03. The number of anilines is 1. The predicted molar refractivity (Wildman–Crippen MR) is 60.3 cm³/mol. The zero-order chi connectivity index (χ0) is 12.4. The van der Waals surface area contributed by atoms with E-state index in [2.05, 4.69) is 20.3 Å². The molecule has 17 heavy (non-hydrogen) atoms. The van der Waals surface area contributed by atoms with Crippen molar-refractivity contribution < 1.29 is 8.81 Å². The van der Waals surface area contributed by atoms with Gasteiger partial charge in [0.2, 0.25) is 11.2 Å². The molecule has 0 spiro atoms. The molecule has 1 N–H and O–H groups in total. The number of aryl methyl sites for hydroxylation is 2. The minimum atomic E-state index is -0.575. The van der Waals surface area contributed by atoms with E-state index >= 15 is 0 Å². The third-order valence-electron chi connectivity index (χ3n) is 2.19. The third kappa shape index (κ3) is 2.71. The maximum absolute atomic E-state index is 13.3. The molecule has 2 aromatic heterocycles. The summed E-state index contributed by atoms with van der Waals surface area (Å²) >= 11 is 5.56. The molecule has 0 bridgehead atoms. The highest BCUT2D eigenvalue weighted by molar-refractivity contribution is 6.28. The molecule has 0 unspecified atom stereocenters. The minimum Gasteiger partial charge on any atom is -0.444 e. The van der Waals surface area contributed by atoms with Crippen molar-refractivity contribution in [2.24, 2.45) is 0 Å². The summed E-state index contributed by atoms with van der Waals surface area (Å²) < 4.78 is 18.6. The number of halogens is 2. The van der Waals surface area contributed by atoms with Crippen LogP contribution in [0.15, 0.2) is 10.6 Å². The first kappa shape index (κ1) is 11.8. The van der Waals surface area contributed by atoms with Crippen molar-refractivity contribution in [3.63, 3.8) is 0 Å². The summed E-state index contributed by atoms with van der Waals surface area (Å²) in [7, 11) is 0. The number of rotatable bonds is 3. The Bertz CT molecular complexity index is 524. The lowest BCUT2D eigenvalue weighted by Crippen LogP contribution is -2.04. The van der Waals surface area contributed by atoms with Crippen LogP contribution in [0.2, 0.25) is 5.28 Å². The maximum atomic E-state index is 13.3. The van der Waals surface area contributed by atoms with Gasteiger partial charge < -0.3 is 9.73 Å². The van der Waals surface area contributed by atoms with Crippen LogP contribution in [0.4, 0.5) is 10.2 Å². The average molecular weight is 257 g/mol. The number of nitrogens with zero attached hydrogens (tertiary/aromatic N) is 3. The van der Waals surface area contributed by atoms with Crippen LogP contribution >= 0.6 is 11.6 Å². The molecule has 2 rings (SSSR count). The Morgan fingerprint density at radius 1 is 1.41 bits per heavy atom. The molecule has 0 aliphatic rings. The SMILES string of the molecule is Cc1nc(CNc2nc(Cl)ncc2F)oc1C. The second-order valence-electron chi connectivity index (χ2n) is 3.44. The van der Waals surface area contributed by atoms with Gasteiger partial charge in [0, 0.05) is 0 Å². The second kappa shape index (κ2) is 4.67. The normalized spacial score (nSPS) is 10.6. The summed E-state index contributed by atoms with van der Waals surface area (Å²) in [5, 5.41) is 2.72. The largest absolute Gasteiger partial charge is 0.444 e. The van der Waals surface area contributed by atoms with Crippen LogP contribution in [-0.2, 0) is 6.54 Å². The standard InChI is InChI=1S/C10H10ClFN4O/c1-5-6(2)17-8(15-5)4-13-9-7(12)3-14-10(11)16-9/h3H,4H2,1-2H3,(H,13,14,16). The molecule has 0 atom stereocenters. The van der Waals surface area contributed by atoms with E-state index in [-0.39, 0.29) is 17.6 Å². The Morgan fingerprint density at radius 2 is 2.18 bits per heavy atom. The summed E-state index contributed by atoms with van der Waals surface area (Å²) in [5.41, 5.74) is 0.808. The van der Waals surface area contributed by atoms with Crippen molar-refractivity contribution in [3.05, 3.63) is 34.6 Å². The quantitative estimate of drug-likeness (QED) is 0.855. The van der Waals surface area contributed by atoms with E-state index < -0.39 is 5.82 Å². The summed E-state index contributed by atoms with van der Waals surface area (Å²) in [6, 6.07) is 0. The predicted octanol–water partition coefficient (Wildman–Crippen LogP) is 2.49. The van der Waals surface area contributed by atoms with Crippen LogP contribution in [0.3, 0.4) is 0 Å². The molecule has 90 valence electrons. The van der Waals surface area contributed by atoms with Gasteiger partial charge in [-0.15, -0.1) is 0 Å². The van der Waals surface area contributed by atoms with Gasteiger partial charge in [0.15, 0.2) is 11.6 Å². The average Bonchev–Trinajstić information content (AvgIpc) is 2.60. The van der Waals surface area contributed by atoms with Gasteiger partial charge in [-0.1, -0.05) is 0 Å². The molecular formula is C10H10ClFN4O. The summed E-state index contributed by atoms with van der Waals surface area (Å²) in [5.74, 6) is 0.657. The van der Waals surface area contributed by atoms with Crippen molar-refractivity contribution in [3.8, 4) is 0 Å². The van der Waals surface area contributed by atoms with Crippen molar-refractivity contribution in [2.45, 2.75) is 20.4 Å². The van der Waals surface area contributed by atoms with E-state index in [9.17, 15) is 4.39 Å². The molecule has 0 aromatic carbocycles. The van der Waals surface area contributed by atoms with Gasteiger partial charge in [-0.05, 0) is 25.4 Å². The van der Waals surface area contributed by atoms with Crippen LogP contribution in [0, 0.1) is 19.7 Å². The maximum Gasteiger partial charge on any atom is 0.224 e. The summed E-state index contributed by atoms with van der Waals surface area (Å²) in [6.45, 7) is 3.89. The number of hydrogen-bond acceptors (Lipinski definition) is 5. The molecule has 7 heteroatoms. The highest BCUT2D eigenvalue weighted by Gasteiger charge is 2.09. The van der Waals surface area contributed by atoms with Gasteiger partial charge in [0.1, 0.15) is 5.76 Å². The molecule has 2 heterocycles. The van der Waals surface area contributed by atoms with E-state index in [1.807, 2.05) is 13.8 Å². The highest BCUT2D eigenvalue weighted by atomic mass is 35.5. The van der Waals surface area contributed by atoms with Crippen LogP contribution in [0.25, 0.3) is 0 Å². The molecular weight excluding hydrogens is 247 g/mol. The minimum absolute atomic E-state index is 0.0198. The van der Waals surface area contributed by atoms with Crippen molar-refractivity contribution >= 4 is 17.4 Å². The first-order valence-electron chi connectivity index (χ1n) is 4.91. The fraction of sp³-hybridized carbons (Fsp3) is 0.300. The Labute approximate surface area is 102 Å². The first-order chi connectivity index (χ1) is 8.06. The molecule has 0 saturated carbocycles. The second-order valence-corrected chi connectivity index (χ2v) is 3.78. The molecule has 0 aliphatic heterocycles. The van der Waals surface area contributed by atoms with Crippen molar-refractivity contribution in [1.29, 1.82) is 0 Å². The number of aromatic nitrogens is 3. The van der Waals surface area contributed by atoms with Gasteiger partial charge in [0.25, 0.3) is 0 Å². The van der Waals surface area contributed by atoms with Crippen molar-refractivity contribution in [1.82, 2.24) is 15.0 Å². The number of hydrogen-bond donors (Lipinski definition) is 1. The van der Waals surface area contributed by atoms with Crippen LogP contribution in [0.5, 0.6) is 0 Å². The zero-order valence-corrected chi connectivity index (χ0v) is 10.0. The van der Waals surface area contributed by atoms with Gasteiger partial charge >= 0.3 is 0 Å². The molecule has 0 amide bonds. The van der Waals surface area contributed by atoms with E-state index in [1.165, 1.54) is 0 Å². The molecule has 0 saturated heterocycles. The number of oxazole rings is 1. The lowest BCUT2D eigenvalue weighted by atomic mass is 10.4. The van der Waals surface area contributed by atoms with Gasteiger partial charge in [-0.2, -0.15) is 4.98 Å². The third-order valence-corrected chi connectivity index (χ3v) is 2.38.